The van der Waals surface area contributed by atoms with Crippen molar-refractivity contribution >= 4 is 16.0 Å². The topological polar surface area (TPSA) is 93.1 Å². The summed E-state index contributed by atoms with van der Waals surface area (Å²) in [6.07, 6.45) is 2.70. The van der Waals surface area contributed by atoms with Crippen molar-refractivity contribution in [1.82, 2.24) is 4.31 Å². The van der Waals surface area contributed by atoms with Crippen LogP contribution in [0.25, 0.3) is 0 Å². The van der Waals surface area contributed by atoms with Crippen molar-refractivity contribution in [2.45, 2.75) is 50.5 Å². The zero-order valence-electron chi connectivity index (χ0n) is 17.0. The van der Waals surface area contributed by atoms with Gasteiger partial charge in [-0.3, -0.25) is 4.79 Å². The quantitative estimate of drug-likeness (QED) is 0.370. The molecule has 0 aliphatic carbocycles. The number of ether oxygens (including phenoxy) is 2. The number of carbonyl (C=O) groups excluding carboxylic acids is 1. The minimum absolute atomic E-state index is 0.0750. The van der Waals surface area contributed by atoms with Crippen LogP contribution in [0.15, 0.2) is 23.1 Å². The first-order chi connectivity index (χ1) is 13.9. The van der Waals surface area contributed by atoms with E-state index in [-0.39, 0.29) is 31.3 Å². The Balaban J connectivity index is 2.26. The molecule has 1 fully saturated rings. The highest BCUT2D eigenvalue weighted by molar-refractivity contribution is 7.89. The van der Waals surface area contributed by atoms with E-state index in [1.54, 1.807) is 12.1 Å². The van der Waals surface area contributed by atoms with Gasteiger partial charge in [0.25, 0.3) is 0 Å². The summed E-state index contributed by atoms with van der Waals surface area (Å²) in [5, 5.41) is 8.73. The van der Waals surface area contributed by atoms with Crippen LogP contribution in [0.5, 0.6) is 0 Å². The first kappa shape index (κ1) is 23.4. The number of benzene rings is 1. The lowest BCUT2D eigenvalue weighted by Crippen LogP contribution is -2.41. The van der Waals surface area contributed by atoms with Gasteiger partial charge in [-0.05, 0) is 43.9 Å². The molecule has 1 saturated heterocycles. The van der Waals surface area contributed by atoms with Crippen molar-refractivity contribution in [2.24, 2.45) is 0 Å². The molecule has 1 aliphatic rings. The Labute approximate surface area is 173 Å². The van der Waals surface area contributed by atoms with Crippen LogP contribution in [-0.4, -0.2) is 62.8 Å². The molecule has 8 heteroatoms. The maximum Gasteiger partial charge on any atom is 0.324 e. The first-order valence-corrected chi connectivity index (χ1v) is 11.3. The molecule has 160 valence electrons. The molecule has 0 aromatic heterocycles. The summed E-state index contributed by atoms with van der Waals surface area (Å²) < 4.78 is 38.3. The highest BCUT2D eigenvalue weighted by atomic mass is 32.2. The highest BCUT2D eigenvalue weighted by Gasteiger charge is 2.41. The number of hydrogen-bond donors (Lipinski definition) is 1. The third-order valence-electron chi connectivity index (χ3n) is 4.57. The molecule has 29 heavy (non-hydrogen) atoms. The normalized spacial score (nSPS) is 17.0. The smallest absolute Gasteiger partial charge is 0.324 e. The summed E-state index contributed by atoms with van der Waals surface area (Å²) in [4.78, 5) is 12.5. The van der Waals surface area contributed by atoms with Gasteiger partial charge >= 0.3 is 5.97 Å². The molecule has 0 amide bonds. The SMILES string of the molecule is CCCCOC(=O)[C@@H]1CCCN1S(=O)(=O)c1ccc(C)cc1C#CCOCCO. The Morgan fingerprint density at radius 3 is 2.86 bits per heavy atom. The zero-order chi connectivity index (χ0) is 21.3. The molecular formula is C21H29NO6S. The summed E-state index contributed by atoms with van der Waals surface area (Å²) in [5.41, 5.74) is 1.24. The fraction of sp³-hybridized carbons (Fsp3) is 0.571. The molecule has 1 aromatic rings. The van der Waals surface area contributed by atoms with E-state index in [9.17, 15) is 13.2 Å². The molecule has 2 rings (SSSR count). The first-order valence-electron chi connectivity index (χ1n) is 9.88. The number of carbonyl (C=O) groups is 1. The van der Waals surface area contributed by atoms with Crippen molar-refractivity contribution in [3.8, 4) is 11.8 Å². The molecule has 1 atom stereocenters. The van der Waals surface area contributed by atoms with Crippen molar-refractivity contribution in [3.63, 3.8) is 0 Å². The Bertz CT molecular complexity index is 856. The lowest BCUT2D eigenvalue weighted by Gasteiger charge is -2.23. The van der Waals surface area contributed by atoms with E-state index < -0.39 is 22.0 Å². The van der Waals surface area contributed by atoms with Crippen LogP contribution >= 0.6 is 0 Å². The monoisotopic (exact) mass is 423 g/mol. The molecule has 0 unspecified atom stereocenters. The average molecular weight is 424 g/mol. The Morgan fingerprint density at radius 1 is 1.34 bits per heavy atom. The Hall–Kier alpha value is -1.92. The van der Waals surface area contributed by atoms with E-state index >= 15 is 0 Å². The van der Waals surface area contributed by atoms with Gasteiger partial charge in [-0.25, -0.2) is 8.42 Å². The molecule has 0 saturated carbocycles. The van der Waals surface area contributed by atoms with Gasteiger partial charge in [-0.1, -0.05) is 31.3 Å². The molecule has 0 radical (unpaired) electrons. The van der Waals surface area contributed by atoms with E-state index in [1.165, 1.54) is 10.4 Å². The van der Waals surface area contributed by atoms with Gasteiger partial charge in [0, 0.05) is 12.1 Å². The Kier molecular flexibility index (Phi) is 9.11. The number of esters is 1. The summed E-state index contributed by atoms with van der Waals surface area (Å²) >= 11 is 0. The molecular weight excluding hydrogens is 394 g/mol. The van der Waals surface area contributed by atoms with Crippen LogP contribution in [0.2, 0.25) is 0 Å². The molecule has 7 nitrogen and oxygen atoms in total. The minimum Gasteiger partial charge on any atom is -0.464 e. The number of sulfonamides is 1. The van der Waals surface area contributed by atoms with Gasteiger partial charge in [0.05, 0.1) is 24.7 Å². The molecule has 0 bridgehead atoms. The van der Waals surface area contributed by atoms with Crippen molar-refractivity contribution in [2.75, 3.05) is 33.0 Å². The lowest BCUT2D eigenvalue weighted by molar-refractivity contribution is -0.147. The minimum atomic E-state index is -3.91. The van der Waals surface area contributed by atoms with E-state index in [0.717, 1.165) is 18.4 Å². The second kappa shape index (κ2) is 11.3. The van der Waals surface area contributed by atoms with Crippen LogP contribution < -0.4 is 0 Å². The van der Waals surface area contributed by atoms with Crippen LogP contribution in [0.4, 0.5) is 0 Å². The van der Waals surface area contributed by atoms with Gasteiger partial charge in [0.1, 0.15) is 12.6 Å². The van der Waals surface area contributed by atoms with Crippen LogP contribution in [0, 0.1) is 18.8 Å². The second-order valence-electron chi connectivity index (χ2n) is 6.87. The molecule has 0 spiro atoms. The van der Waals surface area contributed by atoms with E-state index in [0.29, 0.717) is 25.0 Å². The van der Waals surface area contributed by atoms with Gasteiger partial charge in [0.15, 0.2) is 0 Å². The standard InChI is InChI=1S/C21H29NO6S/c1-3-4-14-28-21(24)19-8-5-11-22(19)29(25,26)20-10-9-17(2)16-18(20)7-6-13-27-15-12-23/h9-10,16,19,23H,3-5,8,11-15H2,1-2H3/t19-/m0/s1. The molecule has 1 heterocycles. The van der Waals surface area contributed by atoms with Crippen molar-refractivity contribution < 1.29 is 27.8 Å². The number of aliphatic hydroxyl groups is 1. The maximum absolute atomic E-state index is 13.3. The number of aliphatic hydroxyl groups excluding tert-OH is 1. The number of unbranched alkanes of at least 4 members (excludes halogenated alkanes) is 1. The second-order valence-corrected chi connectivity index (χ2v) is 8.73. The average Bonchev–Trinajstić information content (AvgIpc) is 3.19. The third kappa shape index (κ3) is 6.28. The zero-order valence-corrected chi connectivity index (χ0v) is 17.8. The van der Waals surface area contributed by atoms with Crippen molar-refractivity contribution in [1.29, 1.82) is 0 Å². The summed E-state index contributed by atoms with van der Waals surface area (Å²) in [6, 6.07) is 4.15. The van der Waals surface area contributed by atoms with E-state index in [4.69, 9.17) is 14.6 Å². The third-order valence-corrected chi connectivity index (χ3v) is 6.54. The Morgan fingerprint density at radius 2 is 2.14 bits per heavy atom. The highest BCUT2D eigenvalue weighted by Crippen LogP contribution is 2.29. The largest absolute Gasteiger partial charge is 0.464 e. The van der Waals surface area contributed by atoms with E-state index in [1.807, 2.05) is 13.8 Å². The van der Waals surface area contributed by atoms with Gasteiger partial charge in [-0.15, -0.1) is 0 Å². The summed E-state index contributed by atoms with van der Waals surface area (Å²) in [6.45, 7) is 4.58. The van der Waals surface area contributed by atoms with Crippen molar-refractivity contribution in [3.05, 3.63) is 29.3 Å². The number of rotatable bonds is 9. The molecule has 1 aliphatic heterocycles. The summed E-state index contributed by atoms with van der Waals surface area (Å²) in [5.74, 6) is 5.14. The lowest BCUT2D eigenvalue weighted by atomic mass is 10.1. The van der Waals surface area contributed by atoms with Crippen LogP contribution in [0.3, 0.4) is 0 Å². The summed E-state index contributed by atoms with van der Waals surface area (Å²) in [7, 11) is -3.91. The molecule has 1 aromatic carbocycles. The van der Waals surface area contributed by atoms with Crippen LogP contribution in [-0.2, 0) is 24.3 Å². The predicted molar refractivity (Wildman–Crippen MR) is 109 cm³/mol. The van der Waals surface area contributed by atoms with E-state index in [2.05, 4.69) is 11.8 Å². The van der Waals surface area contributed by atoms with Crippen LogP contribution in [0.1, 0.15) is 43.7 Å². The fourth-order valence-corrected chi connectivity index (χ4v) is 4.87. The van der Waals surface area contributed by atoms with Gasteiger partial charge in [-0.2, -0.15) is 4.31 Å². The number of aryl methyl sites for hydroxylation is 1. The molecule has 1 N–H and O–H groups in total. The fourth-order valence-electron chi connectivity index (χ4n) is 3.09. The van der Waals surface area contributed by atoms with Gasteiger partial charge in [0.2, 0.25) is 10.0 Å². The maximum atomic E-state index is 13.3. The predicted octanol–water partition coefficient (Wildman–Crippen LogP) is 1.85. The number of nitrogens with zero attached hydrogens (tertiary/aromatic N) is 1. The number of hydrogen-bond acceptors (Lipinski definition) is 6. The van der Waals surface area contributed by atoms with Gasteiger partial charge < -0.3 is 14.6 Å².